The molecule has 1 aromatic heterocycles. The standard InChI is InChI=1S/C12H9Cl3N2O2S/c13-9-2-1-8(11(14)5-9)6-17-20(18,19)10-3-4-12(15)16-7-10/h1-5,7,17H,6H2. The summed E-state index contributed by atoms with van der Waals surface area (Å²) >= 11 is 17.4. The number of rotatable bonds is 4. The van der Waals surface area contributed by atoms with Crippen molar-refractivity contribution in [2.24, 2.45) is 0 Å². The summed E-state index contributed by atoms with van der Waals surface area (Å²) in [7, 11) is -3.66. The van der Waals surface area contributed by atoms with Gasteiger partial charge in [0.25, 0.3) is 0 Å². The molecule has 0 aliphatic heterocycles. The Labute approximate surface area is 131 Å². The Morgan fingerprint density at radius 2 is 1.85 bits per heavy atom. The topological polar surface area (TPSA) is 59.1 Å². The van der Waals surface area contributed by atoms with Gasteiger partial charge in [0, 0.05) is 22.8 Å². The van der Waals surface area contributed by atoms with E-state index in [9.17, 15) is 8.42 Å². The molecule has 0 aliphatic carbocycles. The van der Waals surface area contributed by atoms with Gasteiger partial charge in [-0.2, -0.15) is 0 Å². The second-order valence-corrected chi connectivity index (χ2v) is 6.87. The maximum Gasteiger partial charge on any atom is 0.242 e. The fourth-order valence-corrected chi connectivity index (χ4v) is 2.98. The number of halogens is 3. The average molecular weight is 352 g/mol. The van der Waals surface area contributed by atoms with Crippen LogP contribution in [0.3, 0.4) is 0 Å². The molecule has 0 radical (unpaired) electrons. The molecule has 2 aromatic rings. The van der Waals surface area contributed by atoms with E-state index in [0.717, 1.165) is 0 Å². The van der Waals surface area contributed by atoms with E-state index in [2.05, 4.69) is 9.71 Å². The Balaban J connectivity index is 2.15. The van der Waals surface area contributed by atoms with Crippen molar-refractivity contribution < 1.29 is 8.42 Å². The molecule has 0 bridgehead atoms. The third kappa shape index (κ3) is 3.84. The van der Waals surface area contributed by atoms with Crippen LogP contribution in [0.2, 0.25) is 15.2 Å². The van der Waals surface area contributed by atoms with Gasteiger partial charge >= 0.3 is 0 Å². The Morgan fingerprint density at radius 1 is 1.10 bits per heavy atom. The highest BCUT2D eigenvalue weighted by molar-refractivity contribution is 7.89. The minimum absolute atomic E-state index is 0.0342. The molecule has 0 amide bonds. The molecular formula is C12H9Cl3N2O2S. The molecule has 1 aromatic carbocycles. The lowest BCUT2D eigenvalue weighted by Crippen LogP contribution is -2.23. The molecule has 106 valence electrons. The molecule has 0 unspecified atom stereocenters. The van der Waals surface area contributed by atoms with Crippen molar-refractivity contribution in [3.63, 3.8) is 0 Å². The van der Waals surface area contributed by atoms with E-state index in [1.165, 1.54) is 18.3 Å². The maximum absolute atomic E-state index is 12.0. The Morgan fingerprint density at radius 3 is 2.45 bits per heavy atom. The second kappa shape index (κ2) is 6.28. The molecule has 0 fully saturated rings. The van der Waals surface area contributed by atoms with E-state index < -0.39 is 10.0 Å². The molecule has 4 nitrogen and oxygen atoms in total. The van der Waals surface area contributed by atoms with Crippen LogP contribution < -0.4 is 4.72 Å². The summed E-state index contributed by atoms with van der Waals surface area (Å²) in [5, 5.41) is 1.11. The SMILES string of the molecule is O=S(=O)(NCc1ccc(Cl)cc1Cl)c1ccc(Cl)nc1. The highest BCUT2D eigenvalue weighted by Crippen LogP contribution is 2.21. The molecule has 0 spiro atoms. The summed E-state index contributed by atoms with van der Waals surface area (Å²) in [5.74, 6) is 0. The predicted molar refractivity (Wildman–Crippen MR) is 79.7 cm³/mol. The van der Waals surface area contributed by atoms with Crippen molar-refractivity contribution in [1.82, 2.24) is 9.71 Å². The monoisotopic (exact) mass is 350 g/mol. The minimum atomic E-state index is -3.66. The fourth-order valence-electron chi connectivity index (χ4n) is 1.44. The van der Waals surface area contributed by atoms with Crippen molar-refractivity contribution >= 4 is 44.8 Å². The lowest BCUT2D eigenvalue weighted by atomic mass is 10.2. The van der Waals surface area contributed by atoms with Crippen LogP contribution in [0, 0.1) is 0 Å². The van der Waals surface area contributed by atoms with Crippen LogP contribution in [0.1, 0.15) is 5.56 Å². The number of benzene rings is 1. The Kier molecular flexibility index (Phi) is 4.88. The van der Waals surface area contributed by atoms with Crippen LogP contribution >= 0.6 is 34.8 Å². The molecule has 0 saturated carbocycles. The summed E-state index contributed by atoms with van der Waals surface area (Å²) in [5.41, 5.74) is 0.626. The van der Waals surface area contributed by atoms with Gasteiger partial charge in [0.15, 0.2) is 0 Å². The first-order valence-electron chi connectivity index (χ1n) is 5.43. The summed E-state index contributed by atoms with van der Waals surface area (Å²) < 4.78 is 26.5. The molecule has 1 N–H and O–H groups in total. The average Bonchev–Trinajstić information content (AvgIpc) is 2.38. The number of pyridine rings is 1. The predicted octanol–water partition coefficient (Wildman–Crippen LogP) is 3.52. The van der Waals surface area contributed by atoms with Gasteiger partial charge in [-0.15, -0.1) is 0 Å². The molecule has 1 heterocycles. The third-order valence-electron chi connectivity index (χ3n) is 2.48. The van der Waals surface area contributed by atoms with Gasteiger partial charge in [0.2, 0.25) is 10.0 Å². The third-order valence-corrected chi connectivity index (χ3v) is 4.68. The highest BCUT2D eigenvalue weighted by atomic mass is 35.5. The first-order chi connectivity index (χ1) is 9.38. The van der Waals surface area contributed by atoms with Gasteiger partial charge < -0.3 is 0 Å². The van der Waals surface area contributed by atoms with Crippen molar-refractivity contribution in [2.75, 3.05) is 0 Å². The lowest BCUT2D eigenvalue weighted by molar-refractivity contribution is 0.581. The van der Waals surface area contributed by atoms with Gasteiger partial charge in [-0.3, -0.25) is 0 Å². The van der Waals surface area contributed by atoms with E-state index in [-0.39, 0.29) is 16.6 Å². The molecule has 0 saturated heterocycles. The van der Waals surface area contributed by atoms with Crippen LogP contribution in [0.25, 0.3) is 0 Å². The van der Waals surface area contributed by atoms with Gasteiger partial charge in [-0.25, -0.2) is 18.1 Å². The van der Waals surface area contributed by atoms with Crippen LogP contribution in [-0.2, 0) is 16.6 Å². The van der Waals surface area contributed by atoms with Gasteiger partial charge in [-0.05, 0) is 29.8 Å². The summed E-state index contributed by atoms with van der Waals surface area (Å²) in [6.07, 6.45) is 1.19. The Hall–Kier alpha value is -0.850. The molecule has 20 heavy (non-hydrogen) atoms. The quantitative estimate of drug-likeness (QED) is 0.857. The highest BCUT2D eigenvalue weighted by Gasteiger charge is 2.14. The molecule has 2 rings (SSSR count). The first kappa shape index (κ1) is 15.5. The smallest absolute Gasteiger partial charge is 0.242 e. The number of nitrogens with one attached hydrogen (secondary N) is 1. The summed E-state index contributed by atoms with van der Waals surface area (Å²) in [6.45, 7) is 0.0565. The van der Waals surface area contributed by atoms with E-state index >= 15 is 0 Å². The number of nitrogens with zero attached hydrogens (tertiary/aromatic N) is 1. The minimum Gasteiger partial charge on any atom is -0.243 e. The zero-order valence-electron chi connectivity index (χ0n) is 9.98. The van der Waals surface area contributed by atoms with E-state index in [1.807, 2.05) is 0 Å². The van der Waals surface area contributed by atoms with Crippen LogP contribution in [0.4, 0.5) is 0 Å². The lowest BCUT2D eigenvalue weighted by Gasteiger charge is -2.08. The summed E-state index contributed by atoms with van der Waals surface area (Å²) in [4.78, 5) is 3.77. The van der Waals surface area contributed by atoms with Crippen molar-refractivity contribution in [3.05, 3.63) is 57.3 Å². The zero-order valence-corrected chi connectivity index (χ0v) is 13.1. The van der Waals surface area contributed by atoms with Crippen molar-refractivity contribution in [2.45, 2.75) is 11.4 Å². The number of hydrogen-bond acceptors (Lipinski definition) is 3. The van der Waals surface area contributed by atoms with Gasteiger partial charge in [-0.1, -0.05) is 40.9 Å². The van der Waals surface area contributed by atoms with Crippen LogP contribution in [-0.4, -0.2) is 13.4 Å². The fraction of sp³-hybridized carbons (Fsp3) is 0.0833. The van der Waals surface area contributed by atoms with Crippen molar-refractivity contribution in [1.29, 1.82) is 0 Å². The second-order valence-electron chi connectivity index (χ2n) is 3.88. The molecule has 0 atom stereocenters. The molecule has 0 aliphatic rings. The van der Waals surface area contributed by atoms with Gasteiger partial charge in [0.1, 0.15) is 10.0 Å². The zero-order chi connectivity index (χ0) is 14.8. The van der Waals surface area contributed by atoms with Crippen LogP contribution in [0.5, 0.6) is 0 Å². The van der Waals surface area contributed by atoms with Gasteiger partial charge in [0.05, 0.1) is 0 Å². The maximum atomic E-state index is 12.0. The van der Waals surface area contributed by atoms with E-state index in [1.54, 1.807) is 18.2 Å². The summed E-state index contributed by atoms with van der Waals surface area (Å²) in [6, 6.07) is 7.64. The molecular weight excluding hydrogens is 343 g/mol. The van der Waals surface area contributed by atoms with E-state index in [0.29, 0.717) is 15.6 Å². The largest absolute Gasteiger partial charge is 0.243 e. The molecule has 8 heteroatoms. The number of aromatic nitrogens is 1. The van der Waals surface area contributed by atoms with E-state index in [4.69, 9.17) is 34.8 Å². The normalized spacial score (nSPS) is 11.6. The number of sulfonamides is 1. The first-order valence-corrected chi connectivity index (χ1v) is 8.05. The number of hydrogen-bond donors (Lipinski definition) is 1. The van der Waals surface area contributed by atoms with Crippen LogP contribution in [0.15, 0.2) is 41.4 Å². The Bertz CT molecular complexity index is 718. The van der Waals surface area contributed by atoms with Crippen molar-refractivity contribution in [3.8, 4) is 0 Å².